The van der Waals surface area contributed by atoms with Crippen LogP contribution >= 0.6 is 0 Å². The van der Waals surface area contributed by atoms with Gasteiger partial charge in [0.1, 0.15) is 5.82 Å². The normalized spacial score (nSPS) is 11.6. The van der Waals surface area contributed by atoms with Gasteiger partial charge in [-0.05, 0) is 5.56 Å². The van der Waals surface area contributed by atoms with Crippen molar-refractivity contribution in [2.75, 3.05) is 6.54 Å². The van der Waals surface area contributed by atoms with E-state index in [1.807, 2.05) is 18.2 Å². The van der Waals surface area contributed by atoms with Gasteiger partial charge in [0.25, 0.3) is 0 Å². The summed E-state index contributed by atoms with van der Waals surface area (Å²) in [6, 6.07) is 9.11. The Morgan fingerprint density at radius 1 is 1.22 bits per heavy atom. The van der Waals surface area contributed by atoms with Gasteiger partial charge in [0.15, 0.2) is 0 Å². The number of aromatic nitrogens is 2. The smallest absolute Gasteiger partial charge is 0.215 e. The monoisotopic (exact) mass is 265 g/mol. The lowest BCUT2D eigenvalue weighted by Gasteiger charge is -2.05. The van der Waals surface area contributed by atoms with Crippen LogP contribution in [-0.2, 0) is 22.2 Å². The SMILES string of the molecule is O=S(=O)(Cc1ccccc1)NCCc1ncc[nH]1. The molecule has 0 atom stereocenters. The number of hydrogen-bond donors (Lipinski definition) is 2. The van der Waals surface area contributed by atoms with E-state index in [4.69, 9.17) is 0 Å². The predicted molar refractivity (Wildman–Crippen MR) is 69.4 cm³/mol. The molecule has 0 fully saturated rings. The molecule has 0 spiro atoms. The molecule has 2 rings (SSSR count). The van der Waals surface area contributed by atoms with E-state index in [9.17, 15) is 8.42 Å². The molecule has 0 unspecified atom stereocenters. The Morgan fingerprint density at radius 3 is 2.67 bits per heavy atom. The van der Waals surface area contributed by atoms with Crippen molar-refractivity contribution in [1.82, 2.24) is 14.7 Å². The summed E-state index contributed by atoms with van der Waals surface area (Å²) >= 11 is 0. The van der Waals surface area contributed by atoms with Crippen LogP contribution in [0.1, 0.15) is 11.4 Å². The molecule has 0 aliphatic rings. The van der Waals surface area contributed by atoms with Crippen LogP contribution in [0, 0.1) is 0 Å². The molecule has 96 valence electrons. The van der Waals surface area contributed by atoms with Crippen molar-refractivity contribution in [3.8, 4) is 0 Å². The molecule has 0 radical (unpaired) electrons. The Labute approximate surface area is 106 Å². The van der Waals surface area contributed by atoms with Crippen LogP contribution in [0.2, 0.25) is 0 Å². The quantitative estimate of drug-likeness (QED) is 0.820. The van der Waals surface area contributed by atoms with Crippen molar-refractivity contribution in [3.05, 3.63) is 54.1 Å². The number of nitrogens with one attached hydrogen (secondary N) is 2. The molecule has 2 N–H and O–H groups in total. The highest BCUT2D eigenvalue weighted by molar-refractivity contribution is 7.88. The zero-order chi connectivity index (χ0) is 12.8. The third-order valence-corrected chi connectivity index (χ3v) is 3.80. The van der Waals surface area contributed by atoms with E-state index in [1.54, 1.807) is 24.5 Å². The molecular formula is C12H15N3O2S. The Morgan fingerprint density at radius 2 is 2.00 bits per heavy atom. The molecule has 1 aromatic heterocycles. The number of hydrogen-bond acceptors (Lipinski definition) is 3. The zero-order valence-electron chi connectivity index (χ0n) is 9.83. The van der Waals surface area contributed by atoms with Gasteiger partial charge >= 0.3 is 0 Å². The summed E-state index contributed by atoms with van der Waals surface area (Å²) < 4.78 is 26.1. The molecule has 0 aliphatic carbocycles. The molecule has 0 amide bonds. The lowest BCUT2D eigenvalue weighted by atomic mass is 10.2. The highest BCUT2D eigenvalue weighted by Crippen LogP contribution is 2.03. The van der Waals surface area contributed by atoms with Crippen LogP contribution in [-0.4, -0.2) is 24.9 Å². The molecule has 2 aromatic rings. The van der Waals surface area contributed by atoms with Gasteiger partial charge in [-0.15, -0.1) is 0 Å². The maximum absolute atomic E-state index is 11.8. The van der Waals surface area contributed by atoms with Crippen molar-refractivity contribution in [1.29, 1.82) is 0 Å². The van der Waals surface area contributed by atoms with Crippen LogP contribution in [0.5, 0.6) is 0 Å². The first-order valence-corrected chi connectivity index (χ1v) is 7.30. The number of H-pyrrole nitrogens is 1. The third-order valence-electron chi connectivity index (χ3n) is 2.44. The van der Waals surface area contributed by atoms with Gasteiger partial charge in [-0.1, -0.05) is 30.3 Å². The number of imidazole rings is 1. The van der Waals surface area contributed by atoms with E-state index in [2.05, 4.69) is 14.7 Å². The van der Waals surface area contributed by atoms with Crippen molar-refractivity contribution in [2.24, 2.45) is 0 Å². The highest BCUT2D eigenvalue weighted by Gasteiger charge is 2.10. The second-order valence-electron chi connectivity index (χ2n) is 3.92. The Balaban J connectivity index is 1.84. The van der Waals surface area contributed by atoms with E-state index >= 15 is 0 Å². The lowest BCUT2D eigenvalue weighted by Crippen LogP contribution is -2.27. The van der Waals surface area contributed by atoms with Crippen LogP contribution in [0.4, 0.5) is 0 Å². The van der Waals surface area contributed by atoms with Gasteiger partial charge in [0, 0.05) is 25.4 Å². The maximum Gasteiger partial charge on any atom is 0.215 e. The predicted octanol–water partition coefficient (Wildman–Crippen LogP) is 1.07. The molecular weight excluding hydrogens is 250 g/mol. The summed E-state index contributed by atoms with van der Waals surface area (Å²) in [6.07, 6.45) is 3.92. The largest absolute Gasteiger partial charge is 0.349 e. The van der Waals surface area contributed by atoms with E-state index in [-0.39, 0.29) is 5.75 Å². The summed E-state index contributed by atoms with van der Waals surface area (Å²) in [6.45, 7) is 0.350. The second-order valence-corrected chi connectivity index (χ2v) is 5.73. The van der Waals surface area contributed by atoms with Crippen LogP contribution in [0.25, 0.3) is 0 Å². The molecule has 6 heteroatoms. The summed E-state index contributed by atoms with van der Waals surface area (Å²) in [5, 5.41) is 0. The number of nitrogens with zero attached hydrogens (tertiary/aromatic N) is 1. The molecule has 1 heterocycles. The fraction of sp³-hybridized carbons (Fsp3) is 0.250. The molecule has 0 bridgehead atoms. The van der Waals surface area contributed by atoms with E-state index in [0.29, 0.717) is 13.0 Å². The van der Waals surface area contributed by atoms with Crippen molar-refractivity contribution >= 4 is 10.0 Å². The topological polar surface area (TPSA) is 74.8 Å². The first-order valence-electron chi connectivity index (χ1n) is 5.65. The zero-order valence-corrected chi connectivity index (χ0v) is 10.7. The second kappa shape index (κ2) is 5.79. The lowest BCUT2D eigenvalue weighted by molar-refractivity contribution is 0.580. The molecule has 5 nitrogen and oxygen atoms in total. The van der Waals surface area contributed by atoms with Crippen LogP contribution < -0.4 is 4.72 Å². The van der Waals surface area contributed by atoms with E-state index < -0.39 is 10.0 Å². The van der Waals surface area contributed by atoms with Gasteiger partial charge in [-0.25, -0.2) is 18.1 Å². The Bertz CT molecular complexity index is 565. The molecule has 0 saturated heterocycles. The van der Waals surface area contributed by atoms with Crippen LogP contribution in [0.3, 0.4) is 0 Å². The highest BCUT2D eigenvalue weighted by atomic mass is 32.2. The minimum atomic E-state index is -3.28. The minimum Gasteiger partial charge on any atom is -0.349 e. The van der Waals surface area contributed by atoms with Gasteiger partial charge in [-0.3, -0.25) is 0 Å². The number of rotatable bonds is 6. The molecule has 0 saturated carbocycles. The standard InChI is InChI=1S/C12H15N3O2S/c16-18(17,10-11-4-2-1-3-5-11)15-7-6-12-13-8-9-14-12/h1-5,8-9,15H,6-7,10H2,(H,13,14). The van der Waals surface area contributed by atoms with Crippen molar-refractivity contribution < 1.29 is 8.42 Å². The first kappa shape index (κ1) is 12.8. The molecule has 0 aliphatic heterocycles. The minimum absolute atomic E-state index is 0.00595. The summed E-state index contributed by atoms with van der Waals surface area (Å²) in [5.74, 6) is 0.781. The third kappa shape index (κ3) is 3.97. The maximum atomic E-state index is 11.8. The average molecular weight is 265 g/mol. The van der Waals surface area contributed by atoms with E-state index in [1.165, 1.54) is 0 Å². The number of aromatic amines is 1. The summed E-state index contributed by atoms with van der Waals surface area (Å²) in [7, 11) is -3.28. The fourth-order valence-corrected chi connectivity index (χ4v) is 2.75. The summed E-state index contributed by atoms with van der Waals surface area (Å²) in [4.78, 5) is 6.96. The first-order chi connectivity index (χ1) is 8.66. The van der Waals surface area contributed by atoms with Gasteiger partial charge in [0.05, 0.1) is 5.75 Å². The summed E-state index contributed by atoms with van der Waals surface area (Å²) in [5.41, 5.74) is 0.781. The Hall–Kier alpha value is -1.66. The number of sulfonamides is 1. The van der Waals surface area contributed by atoms with Gasteiger partial charge in [-0.2, -0.15) is 0 Å². The molecule has 18 heavy (non-hydrogen) atoms. The fourth-order valence-electron chi connectivity index (χ4n) is 1.60. The van der Waals surface area contributed by atoms with Crippen molar-refractivity contribution in [2.45, 2.75) is 12.2 Å². The number of benzene rings is 1. The molecule has 1 aromatic carbocycles. The Kier molecular flexibility index (Phi) is 4.11. The van der Waals surface area contributed by atoms with Crippen molar-refractivity contribution in [3.63, 3.8) is 0 Å². The van der Waals surface area contributed by atoms with E-state index in [0.717, 1.165) is 11.4 Å². The van der Waals surface area contributed by atoms with Gasteiger partial charge < -0.3 is 4.98 Å². The average Bonchev–Trinajstić information content (AvgIpc) is 2.82. The van der Waals surface area contributed by atoms with Gasteiger partial charge in [0.2, 0.25) is 10.0 Å². The van der Waals surface area contributed by atoms with Crippen LogP contribution in [0.15, 0.2) is 42.7 Å².